The van der Waals surface area contributed by atoms with E-state index in [-0.39, 0.29) is 16.8 Å². The van der Waals surface area contributed by atoms with E-state index in [1.807, 2.05) is 31.2 Å². The molecular weight excluding hydrogens is 340 g/mol. The predicted molar refractivity (Wildman–Crippen MR) is 96.1 cm³/mol. The molecule has 0 saturated carbocycles. The Kier molecular flexibility index (Phi) is 4.57. The highest BCUT2D eigenvalue weighted by Crippen LogP contribution is 2.30. The molecule has 134 valence electrons. The van der Waals surface area contributed by atoms with Gasteiger partial charge in [-0.1, -0.05) is 18.2 Å². The van der Waals surface area contributed by atoms with E-state index in [0.29, 0.717) is 24.5 Å². The third-order valence-corrected chi connectivity index (χ3v) is 6.11. The van der Waals surface area contributed by atoms with Crippen molar-refractivity contribution in [2.45, 2.75) is 24.4 Å². The highest BCUT2D eigenvalue weighted by Gasteiger charge is 2.31. The average molecular weight is 362 g/mol. The molecule has 0 bridgehead atoms. The van der Waals surface area contributed by atoms with Crippen molar-refractivity contribution in [2.75, 3.05) is 17.9 Å². The second-order valence-corrected chi connectivity index (χ2v) is 8.06. The highest BCUT2D eigenvalue weighted by molar-refractivity contribution is 7.92. The molecule has 0 aliphatic carbocycles. The number of rotatable bonds is 3. The topological polar surface area (TPSA) is 83.4 Å². The van der Waals surface area contributed by atoms with Crippen molar-refractivity contribution >= 4 is 21.6 Å². The Morgan fingerprint density at radius 3 is 2.76 bits per heavy atom. The molecule has 0 radical (unpaired) electrons. The first-order valence-corrected chi connectivity index (χ1v) is 9.51. The molecule has 2 heterocycles. The fourth-order valence-corrected chi connectivity index (χ4v) is 4.65. The summed E-state index contributed by atoms with van der Waals surface area (Å²) in [5.41, 5.74) is 1.90. The van der Waals surface area contributed by atoms with Gasteiger partial charge < -0.3 is 15.2 Å². The Morgan fingerprint density at radius 2 is 2.04 bits per heavy atom. The van der Waals surface area contributed by atoms with Crippen LogP contribution < -0.4 is 14.9 Å². The minimum Gasteiger partial charge on any atom is -0.354 e. The number of fused-ring (bicyclic) bond motifs is 1. The number of anilines is 1. The van der Waals surface area contributed by atoms with E-state index in [0.717, 1.165) is 5.56 Å². The van der Waals surface area contributed by atoms with Gasteiger partial charge in [0.2, 0.25) is 0 Å². The lowest BCUT2D eigenvalue weighted by Crippen LogP contribution is -2.39. The molecule has 1 aliphatic rings. The quantitative estimate of drug-likeness (QED) is 0.856. The minimum absolute atomic E-state index is 0.00398. The number of hydrogen-bond acceptors (Lipinski definition) is 4. The van der Waals surface area contributed by atoms with E-state index in [9.17, 15) is 13.2 Å². The number of benzene rings is 1. The molecule has 25 heavy (non-hydrogen) atoms. The fraction of sp³-hybridized carbons (Fsp3) is 0.353. The molecule has 0 saturated heterocycles. The van der Waals surface area contributed by atoms with Crippen LogP contribution in [0.15, 0.2) is 41.4 Å². The second kappa shape index (κ2) is 6.53. The van der Waals surface area contributed by atoms with Crippen LogP contribution in [-0.4, -0.2) is 38.5 Å². The summed E-state index contributed by atoms with van der Waals surface area (Å²) in [4.78, 5) is 12.0. The van der Waals surface area contributed by atoms with Crippen molar-refractivity contribution in [1.29, 1.82) is 0 Å². The predicted octanol–water partition coefficient (Wildman–Crippen LogP) is 1.07. The normalized spacial score (nSPS) is 17.7. The van der Waals surface area contributed by atoms with Crippen molar-refractivity contribution in [3.63, 3.8) is 0 Å². The maximum Gasteiger partial charge on any atom is 0.267 e. The number of para-hydroxylation sites is 1. The van der Waals surface area contributed by atoms with Gasteiger partial charge in [-0.05, 0) is 24.6 Å². The van der Waals surface area contributed by atoms with E-state index < -0.39 is 10.0 Å². The molecule has 1 aliphatic heterocycles. The molecule has 2 aromatic rings. The largest absolute Gasteiger partial charge is 0.354 e. The lowest BCUT2D eigenvalue weighted by Gasteiger charge is -2.25. The number of carbonyl (C=O) groups excluding carboxylic acids is 1. The fourth-order valence-electron chi connectivity index (χ4n) is 2.98. The van der Waals surface area contributed by atoms with Gasteiger partial charge in [0.1, 0.15) is 10.6 Å². The zero-order valence-electron chi connectivity index (χ0n) is 14.5. The van der Waals surface area contributed by atoms with Crippen molar-refractivity contribution < 1.29 is 13.2 Å². The molecule has 1 unspecified atom stereocenters. The van der Waals surface area contributed by atoms with Gasteiger partial charge >= 0.3 is 0 Å². The average Bonchev–Trinajstić information content (AvgIpc) is 2.91. The summed E-state index contributed by atoms with van der Waals surface area (Å²) in [6, 6.07) is 8.88. The van der Waals surface area contributed by atoms with Crippen LogP contribution in [0.2, 0.25) is 0 Å². The van der Waals surface area contributed by atoms with Crippen LogP contribution >= 0.6 is 0 Å². The molecule has 3 rings (SSSR count). The summed E-state index contributed by atoms with van der Waals surface area (Å²) < 4.78 is 29.5. The highest BCUT2D eigenvalue weighted by atomic mass is 32.2. The summed E-state index contributed by atoms with van der Waals surface area (Å²) in [6.07, 6.45) is 1.48. The number of carbonyl (C=O) groups is 1. The molecule has 1 aromatic heterocycles. The third kappa shape index (κ3) is 3.14. The Balaban J connectivity index is 2.09. The van der Waals surface area contributed by atoms with Gasteiger partial charge in [0.15, 0.2) is 0 Å². The number of aryl methyl sites for hydroxylation is 1. The Labute approximate surface area is 147 Å². The molecule has 2 N–H and O–H groups in total. The molecule has 0 fully saturated rings. The van der Waals surface area contributed by atoms with Crippen molar-refractivity contribution in [3.05, 3.63) is 47.8 Å². The Morgan fingerprint density at radius 1 is 1.32 bits per heavy atom. The first kappa shape index (κ1) is 17.5. The monoisotopic (exact) mass is 362 g/mol. The third-order valence-electron chi connectivity index (χ3n) is 4.37. The molecule has 0 spiro atoms. The maximum absolute atomic E-state index is 13.3. The SMILES string of the molecule is CNC(=O)c1cc(S(=O)(=O)N2CC(C)NCc3ccccc32)cn1C. The summed E-state index contributed by atoms with van der Waals surface area (Å²) in [7, 11) is -0.610. The molecule has 8 heteroatoms. The van der Waals surface area contributed by atoms with Crippen molar-refractivity contribution in [1.82, 2.24) is 15.2 Å². The van der Waals surface area contributed by atoms with Gasteiger partial charge in [-0.15, -0.1) is 0 Å². The number of amides is 1. The van der Waals surface area contributed by atoms with Crippen LogP contribution in [0.3, 0.4) is 0 Å². The molecule has 1 atom stereocenters. The van der Waals surface area contributed by atoms with Gasteiger partial charge in [-0.2, -0.15) is 0 Å². The number of hydrogen-bond donors (Lipinski definition) is 2. The van der Waals surface area contributed by atoms with Crippen LogP contribution in [0.1, 0.15) is 23.0 Å². The van der Waals surface area contributed by atoms with Gasteiger partial charge in [-0.25, -0.2) is 8.42 Å². The van der Waals surface area contributed by atoms with E-state index in [2.05, 4.69) is 10.6 Å². The van der Waals surface area contributed by atoms with Crippen LogP contribution in [0.4, 0.5) is 5.69 Å². The van der Waals surface area contributed by atoms with Crippen LogP contribution in [0.25, 0.3) is 0 Å². The van der Waals surface area contributed by atoms with Gasteiger partial charge in [0.05, 0.1) is 5.69 Å². The van der Waals surface area contributed by atoms with Gasteiger partial charge in [0.25, 0.3) is 15.9 Å². The summed E-state index contributed by atoms with van der Waals surface area (Å²) in [6.45, 7) is 2.89. The summed E-state index contributed by atoms with van der Waals surface area (Å²) in [5, 5.41) is 5.84. The van der Waals surface area contributed by atoms with Crippen LogP contribution in [-0.2, 0) is 23.6 Å². The molecule has 1 amide bonds. The number of aromatic nitrogens is 1. The first-order valence-electron chi connectivity index (χ1n) is 8.07. The second-order valence-electron chi connectivity index (χ2n) is 6.20. The Hall–Kier alpha value is -2.32. The molecule has 1 aromatic carbocycles. The Bertz CT molecular complexity index is 904. The lowest BCUT2D eigenvalue weighted by atomic mass is 10.2. The number of nitrogens with one attached hydrogen (secondary N) is 2. The maximum atomic E-state index is 13.3. The minimum atomic E-state index is -3.78. The summed E-state index contributed by atoms with van der Waals surface area (Å²) in [5.74, 6) is -0.324. The smallest absolute Gasteiger partial charge is 0.267 e. The van der Waals surface area contributed by atoms with E-state index >= 15 is 0 Å². The zero-order valence-corrected chi connectivity index (χ0v) is 15.3. The van der Waals surface area contributed by atoms with E-state index in [4.69, 9.17) is 0 Å². The number of sulfonamides is 1. The van der Waals surface area contributed by atoms with E-state index in [1.165, 1.54) is 28.2 Å². The molecule has 7 nitrogen and oxygen atoms in total. The van der Waals surface area contributed by atoms with Gasteiger partial charge in [-0.3, -0.25) is 9.10 Å². The van der Waals surface area contributed by atoms with Crippen molar-refractivity contribution in [3.8, 4) is 0 Å². The zero-order chi connectivity index (χ0) is 18.2. The number of nitrogens with zero attached hydrogens (tertiary/aromatic N) is 2. The summed E-state index contributed by atoms with van der Waals surface area (Å²) >= 11 is 0. The van der Waals surface area contributed by atoms with Crippen LogP contribution in [0.5, 0.6) is 0 Å². The standard InChI is InChI=1S/C17H22N4O3S/c1-12-10-21(15-7-5-4-6-13(15)9-19-12)25(23,24)14-8-16(17(22)18-2)20(3)11-14/h4-8,11-12,19H,9-10H2,1-3H3,(H,18,22). The van der Waals surface area contributed by atoms with Crippen molar-refractivity contribution in [2.24, 2.45) is 7.05 Å². The van der Waals surface area contributed by atoms with Crippen LogP contribution in [0, 0.1) is 0 Å². The van der Waals surface area contributed by atoms with Gasteiger partial charge in [0, 0.05) is 39.4 Å². The molecular formula is C17H22N4O3S. The van der Waals surface area contributed by atoms with E-state index in [1.54, 1.807) is 7.05 Å². The first-order chi connectivity index (χ1) is 11.8. The lowest BCUT2D eigenvalue weighted by molar-refractivity contribution is 0.0955.